The van der Waals surface area contributed by atoms with Crippen molar-refractivity contribution < 1.29 is 42.5 Å². The van der Waals surface area contributed by atoms with Crippen molar-refractivity contribution in [2.45, 2.75) is 64.3 Å². The van der Waals surface area contributed by atoms with Crippen LogP contribution in [-0.4, -0.2) is 30.8 Å². The fraction of sp³-hybridized carbons (Fsp3) is 1.00. The topological polar surface area (TPSA) is 69.2 Å². The summed E-state index contributed by atoms with van der Waals surface area (Å²) in [7, 11) is -4.07. The molecule has 0 aliphatic heterocycles. The molecule has 4 aliphatic rings. The summed E-state index contributed by atoms with van der Waals surface area (Å²) in [6, 6.07) is 0. The van der Waals surface area contributed by atoms with E-state index >= 15 is 0 Å². The normalized spacial score (nSPS) is 44.6. The van der Waals surface area contributed by atoms with Crippen LogP contribution in [0.2, 0.25) is 0 Å². The fourth-order valence-corrected chi connectivity index (χ4v) is 6.75. The van der Waals surface area contributed by atoms with Crippen LogP contribution in [0.5, 0.6) is 0 Å². The van der Waals surface area contributed by atoms with Gasteiger partial charge < -0.3 is 9.87 Å². The Bertz CT molecular complexity index is 489. The zero-order chi connectivity index (χ0) is 14.6. The molecule has 2 unspecified atom stereocenters. The van der Waals surface area contributed by atoms with Crippen molar-refractivity contribution >= 4 is 10.1 Å². The summed E-state index contributed by atoms with van der Waals surface area (Å²) in [5.41, 5.74) is 1.13. The maximum Gasteiger partial charge on any atom is 1.00 e. The van der Waals surface area contributed by atoms with Gasteiger partial charge in [0.15, 0.2) is 0 Å². The van der Waals surface area contributed by atoms with Gasteiger partial charge in [-0.3, -0.25) is 0 Å². The number of hydrogen-bond acceptors (Lipinski definition) is 4. The minimum absolute atomic E-state index is 0. The number of hydrogen-bond donors (Lipinski definition) is 1. The molecular weight excluding hydrogens is 297 g/mol. The third-order valence-corrected chi connectivity index (χ3v) is 6.49. The van der Waals surface area contributed by atoms with Crippen molar-refractivity contribution in [3.05, 3.63) is 0 Å². The van der Waals surface area contributed by atoms with Crippen LogP contribution in [0, 0.1) is 16.7 Å². The average molecular weight is 323 g/mol. The van der Waals surface area contributed by atoms with Crippen molar-refractivity contribution in [1.82, 2.24) is 5.32 Å². The minimum Gasteiger partial charge on any atom is -0.748 e. The van der Waals surface area contributed by atoms with Gasteiger partial charge in [0, 0.05) is 11.3 Å². The summed E-state index contributed by atoms with van der Waals surface area (Å²) >= 11 is 0. The van der Waals surface area contributed by atoms with Crippen LogP contribution in [-0.2, 0) is 10.1 Å². The monoisotopic (exact) mass is 323 g/mol. The summed E-state index contributed by atoms with van der Waals surface area (Å²) < 4.78 is 32.0. The van der Waals surface area contributed by atoms with Gasteiger partial charge in [-0.15, -0.1) is 0 Å². The molecule has 4 aliphatic carbocycles. The molecule has 0 aromatic rings. The molecule has 21 heavy (non-hydrogen) atoms. The van der Waals surface area contributed by atoms with Crippen LogP contribution >= 0.6 is 0 Å². The predicted molar refractivity (Wildman–Crippen MR) is 77.3 cm³/mol. The van der Waals surface area contributed by atoms with E-state index in [1.54, 1.807) is 0 Å². The Kier molecular flexibility index (Phi) is 4.98. The van der Waals surface area contributed by atoms with Crippen LogP contribution in [0.4, 0.5) is 0 Å². The van der Waals surface area contributed by atoms with Crippen molar-refractivity contribution in [3.63, 3.8) is 0 Å². The minimum atomic E-state index is -4.07. The summed E-state index contributed by atoms with van der Waals surface area (Å²) in [4.78, 5) is 0. The Morgan fingerprint density at radius 2 is 1.67 bits per heavy atom. The second-order valence-corrected chi connectivity index (χ2v) is 9.98. The van der Waals surface area contributed by atoms with E-state index in [1.165, 1.54) is 38.5 Å². The van der Waals surface area contributed by atoms with Crippen LogP contribution in [0.15, 0.2) is 0 Å². The third-order valence-electron chi connectivity index (χ3n) is 5.70. The van der Waals surface area contributed by atoms with Crippen LogP contribution in [0.3, 0.4) is 0 Å². The van der Waals surface area contributed by atoms with Crippen molar-refractivity contribution in [2.24, 2.45) is 16.7 Å². The molecule has 0 heterocycles. The van der Waals surface area contributed by atoms with Crippen LogP contribution in [0.25, 0.3) is 0 Å². The van der Waals surface area contributed by atoms with E-state index < -0.39 is 10.1 Å². The zero-order valence-corrected chi connectivity index (χ0v) is 16.4. The van der Waals surface area contributed by atoms with E-state index in [2.05, 4.69) is 19.2 Å². The smallest absolute Gasteiger partial charge is 0.748 e. The molecule has 4 nitrogen and oxygen atoms in total. The molecule has 1 N–H and O–H groups in total. The molecule has 0 aromatic carbocycles. The second-order valence-electron chi connectivity index (χ2n) is 8.45. The van der Waals surface area contributed by atoms with E-state index in [9.17, 15) is 13.0 Å². The Balaban J connectivity index is 0.00000161. The molecule has 4 rings (SSSR count). The summed E-state index contributed by atoms with van der Waals surface area (Å²) in [5.74, 6) is 0.589. The molecule has 4 bridgehead atoms. The Morgan fingerprint density at radius 1 is 1.10 bits per heavy atom. The molecule has 116 valence electrons. The molecule has 0 radical (unpaired) electrons. The van der Waals surface area contributed by atoms with Gasteiger partial charge in [0.2, 0.25) is 0 Å². The Morgan fingerprint density at radius 3 is 2.14 bits per heavy atom. The van der Waals surface area contributed by atoms with E-state index in [0.717, 1.165) is 5.92 Å². The number of nitrogens with one attached hydrogen (secondary N) is 1. The van der Waals surface area contributed by atoms with Gasteiger partial charge in [0.1, 0.15) is 0 Å². The maximum absolute atomic E-state index is 10.7. The van der Waals surface area contributed by atoms with E-state index in [4.69, 9.17) is 0 Å². The molecular formula is C15H26NNaO3S. The zero-order valence-electron chi connectivity index (χ0n) is 13.6. The van der Waals surface area contributed by atoms with E-state index in [1.807, 2.05) is 0 Å². The van der Waals surface area contributed by atoms with Gasteiger partial charge in [0.25, 0.3) is 0 Å². The Labute approximate surface area is 150 Å². The van der Waals surface area contributed by atoms with Gasteiger partial charge in [-0.2, -0.15) is 0 Å². The predicted octanol–water partition coefficient (Wildman–Crippen LogP) is -0.736. The van der Waals surface area contributed by atoms with E-state index in [0.29, 0.717) is 23.8 Å². The van der Waals surface area contributed by atoms with E-state index in [-0.39, 0.29) is 40.8 Å². The summed E-state index contributed by atoms with van der Waals surface area (Å²) in [5, 5.41) is 3.65. The van der Waals surface area contributed by atoms with Gasteiger partial charge in [0.05, 0.1) is 10.1 Å². The molecule has 4 fully saturated rings. The average Bonchev–Trinajstić information content (AvgIpc) is 2.17. The molecule has 0 spiro atoms. The van der Waals surface area contributed by atoms with Crippen molar-refractivity contribution in [1.29, 1.82) is 0 Å². The fourth-order valence-electron chi connectivity index (χ4n) is 6.25. The van der Waals surface area contributed by atoms with Crippen molar-refractivity contribution in [2.75, 3.05) is 12.3 Å². The second kappa shape index (κ2) is 5.75. The number of rotatable bonds is 5. The SMILES string of the molecule is CC12CC3CC(C)(C1)CC(NCCCS(=O)(=O)[O-])(C3)C2.[Na+]. The van der Waals surface area contributed by atoms with Gasteiger partial charge >= 0.3 is 29.6 Å². The summed E-state index contributed by atoms with van der Waals surface area (Å²) in [6.45, 7) is 5.50. The first-order valence-corrected chi connectivity index (χ1v) is 9.38. The first-order valence-electron chi connectivity index (χ1n) is 7.80. The quantitative estimate of drug-likeness (QED) is 0.411. The standard InChI is InChI=1S/C15H27NO3S.Na/c1-13-6-12-7-14(2,9-13)11-15(8-12,10-13)16-4-3-5-20(17,18)19;/h12,16H,3-11H2,1-2H3,(H,17,18,19);/q;+1/p-1. The van der Waals surface area contributed by atoms with Crippen LogP contribution < -0.4 is 34.9 Å². The molecule has 0 amide bonds. The molecule has 0 aromatic heterocycles. The third kappa shape index (κ3) is 4.04. The van der Waals surface area contributed by atoms with Gasteiger partial charge in [-0.25, -0.2) is 8.42 Å². The molecule has 0 saturated heterocycles. The molecule has 2 atom stereocenters. The first-order chi connectivity index (χ1) is 9.11. The summed E-state index contributed by atoms with van der Waals surface area (Å²) in [6.07, 6.45) is 8.18. The first kappa shape index (κ1) is 18.2. The van der Waals surface area contributed by atoms with Gasteiger partial charge in [-0.1, -0.05) is 13.8 Å². The van der Waals surface area contributed by atoms with Crippen molar-refractivity contribution in [3.8, 4) is 0 Å². The molecule has 4 saturated carbocycles. The van der Waals surface area contributed by atoms with Gasteiger partial charge in [-0.05, 0) is 68.2 Å². The Hall–Kier alpha value is 0.870. The maximum atomic E-state index is 10.7. The molecule has 6 heteroatoms. The largest absolute Gasteiger partial charge is 1.00 e. The van der Waals surface area contributed by atoms with Crippen LogP contribution in [0.1, 0.15) is 58.8 Å².